The third-order valence-electron chi connectivity index (χ3n) is 3.78. The monoisotopic (exact) mass is 287 g/mol. The van der Waals surface area contributed by atoms with Gasteiger partial charge in [0.2, 0.25) is 0 Å². The van der Waals surface area contributed by atoms with Crippen LogP contribution in [0.2, 0.25) is 0 Å². The summed E-state index contributed by atoms with van der Waals surface area (Å²) in [5, 5.41) is 3.44. The number of nitrogens with one attached hydrogen (secondary N) is 1. The summed E-state index contributed by atoms with van der Waals surface area (Å²) in [4.78, 5) is 5.63. The highest BCUT2D eigenvalue weighted by atomic mass is 19.4. The molecule has 1 N–H and O–H groups in total. The Morgan fingerprint density at radius 3 is 2.65 bits per heavy atom. The number of aromatic nitrogens is 1. The summed E-state index contributed by atoms with van der Waals surface area (Å²) in [6.07, 6.45) is -2.05. The van der Waals surface area contributed by atoms with Crippen molar-refractivity contribution in [2.24, 2.45) is 5.92 Å². The average Bonchev–Trinajstić information content (AvgIpc) is 2.40. The lowest BCUT2D eigenvalue weighted by Crippen LogP contribution is -2.48. The molecule has 2 heterocycles. The van der Waals surface area contributed by atoms with Gasteiger partial charge in [-0.25, -0.2) is 4.98 Å². The summed E-state index contributed by atoms with van der Waals surface area (Å²) in [6, 6.07) is 3.05. The Morgan fingerprint density at radius 2 is 2.15 bits per heavy atom. The van der Waals surface area contributed by atoms with E-state index in [4.69, 9.17) is 0 Å². The third-order valence-corrected chi connectivity index (χ3v) is 3.78. The van der Waals surface area contributed by atoms with Crippen molar-refractivity contribution in [3.05, 3.63) is 24.0 Å². The molecule has 2 atom stereocenters. The summed E-state index contributed by atoms with van der Waals surface area (Å²) >= 11 is 0. The van der Waals surface area contributed by atoms with E-state index in [9.17, 15) is 13.2 Å². The van der Waals surface area contributed by atoms with E-state index in [0.717, 1.165) is 37.8 Å². The van der Waals surface area contributed by atoms with Gasteiger partial charge in [0.05, 0.1) is 11.9 Å². The molecular formula is C14H20F3N3. The second-order valence-corrected chi connectivity index (χ2v) is 5.28. The number of rotatable bonds is 3. The Hall–Kier alpha value is -1.30. The Kier molecular flexibility index (Phi) is 4.52. The zero-order valence-corrected chi connectivity index (χ0v) is 11.7. The molecule has 0 aliphatic carbocycles. The predicted octanol–water partition coefficient (Wildman–Crippen LogP) is 2.92. The fourth-order valence-electron chi connectivity index (χ4n) is 2.69. The van der Waals surface area contributed by atoms with E-state index in [1.54, 1.807) is 0 Å². The average molecular weight is 287 g/mol. The number of anilines is 1. The van der Waals surface area contributed by atoms with Gasteiger partial charge in [0.25, 0.3) is 0 Å². The van der Waals surface area contributed by atoms with Crippen molar-refractivity contribution in [3.8, 4) is 0 Å². The predicted molar refractivity (Wildman–Crippen MR) is 72.7 cm³/mol. The van der Waals surface area contributed by atoms with Crippen LogP contribution in [0.25, 0.3) is 0 Å². The number of pyridine rings is 1. The van der Waals surface area contributed by atoms with Crippen LogP contribution in [0.15, 0.2) is 18.3 Å². The summed E-state index contributed by atoms with van der Waals surface area (Å²) in [5.74, 6) is 0.464. The maximum Gasteiger partial charge on any atom is 0.433 e. The van der Waals surface area contributed by atoms with Crippen molar-refractivity contribution >= 4 is 5.69 Å². The Balaban J connectivity index is 2.03. The van der Waals surface area contributed by atoms with Gasteiger partial charge >= 0.3 is 6.18 Å². The van der Waals surface area contributed by atoms with Gasteiger partial charge in [-0.1, -0.05) is 13.8 Å². The first kappa shape index (κ1) is 15.1. The lowest BCUT2D eigenvalue weighted by molar-refractivity contribution is -0.141. The maximum atomic E-state index is 12.5. The molecule has 0 bridgehead atoms. The van der Waals surface area contributed by atoms with Crippen LogP contribution in [0, 0.1) is 5.92 Å². The normalized spacial score (nSPS) is 23.9. The van der Waals surface area contributed by atoms with E-state index in [2.05, 4.69) is 29.0 Å². The quantitative estimate of drug-likeness (QED) is 0.926. The van der Waals surface area contributed by atoms with E-state index >= 15 is 0 Å². The molecule has 1 aliphatic heterocycles. The SMILES string of the molecule is CCNC1CCN(c2ccc(C(F)(F)F)nc2)CC1C. The molecule has 1 aromatic rings. The first-order chi connectivity index (χ1) is 9.41. The first-order valence-corrected chi connectivity index (χ1v) is 6.93. The lowest BCUT2D eigenvalue weighted by atomic mass is 9.93. The number of hydrogen-bond donors (Lipinski definition) is 1. The van der Waals surface area contributed by atoms with Crippen LogP contribution in [0.3, 0.4) is 0 Å². The first-order valence-electron chi connectivity index (χ1n) is 6.93. The molecule has 0 spiro atoms. The van der Waals surface area contributed by atoms with Gasteiger partial charge in [-0.3, -0.25) is 0 Å². The lowest BCUT2D eigenvalue weighted by Gasteiger charge is -2.38. The van der Waals surface area contributed by atoms with Gasteiger partial charge < -0.3 is 10.2 Å². The van der Waals surface area contributed by atoms with Crippen LogP contribution in [0.5, 0.6) is 0 Å². The van der Waals surface area contributed by atoms with Crippen molar-refractivity contribution in [3.63, 3.8) is 0 Å². The smallest absolute Gasteiger partial charge is 0.370 e. The van der Waals surface area contributed by atoms with Gasteiger partial charge in [-0.2, -0.15) is 13.2 Å². The third kappa shape index (κ3) is 3.42. The fraction of sp³-hybridized carbons (Fsp3) is 0.643. The van der Waals surface area contributed by atoms with Crippen molar-refractivity contribution < 1.29 is 13.2 Å². The topological polar surface area (TPSA) is 28.2 Å². The summed E-state index contributed by atoms with van der Waals surface area (Å²) in [5.41, 5.74) is -0.0726. The van der Waals surface area contributed by atoms with Crippen molar-refractivity contribution in [1.29, 1.82) is 0 Å². The van der Waals surface area contributed by atoms with Crippen LogP contribution in [0.1, 0.15) is 26.0 Å². The minimum absolute atomic E-state index is 0.464. The molecule has 1 aromatic heterocycles. The van der Waals surface area contributed by atoms with E-state index < -0.39 is 11.9 Å². The van der Waals surface area contributed by atoms with Gasteiger partial charge in [0, 0.05) is 19.1 Å². The highest BCUT2D eigenvalue weighted by Crippen LogP contribution is 2.29. The molecule has 0 aromatic carbocycles. The molecule has 0 amide bonds. The van der Waals surface area contributed by atoms with Crippen molar-refractivity contribution in [2.45, 2.75) is 32.5 Å². The molecule has 1 fully saturated rings. The van der Waals surface area contributed by atoms with E-state index in [-0.39, 0.29) is 0 Å². The van der Waals surface area contributed by atoms with Crippen molar-refractivity contribution in [1.82, 2.24) is 10.3 Å². The van der Waals surface area contributed by atoms with Gasteiger partial charge in [0.15, 0.2) is 0 Å². The maximum absolute atomic E-state index is 12.5. The minimum Gasteiger partial charge on any atom is -0.370 e. The van der Waals surface area contributed by atoms with Crippen LogP contribution in [-0.4, -0.2) is 30.7 Å². The number of hydrogen-bond acceptors (Lipinski definition) is 3. The van der Waals surface area contributed by atoms with Gasteiger partial charge in [-0.15, -0.1) is 0 Å². The Labute approximate surface area is 117 Å². The van der Waals surface area contributed by atoms with Gasteiger partial charge in [0.1, 0.15) is 5.69 Å². The standard InChI is InChI=1S/C14H20F3N3/c1-3-18-12-6-7-20(9-10(12)2)11-4-5-13(19-8-11)14(15,16)17/h4-5,8,10,12,18H,3,6-7,9H2,1-2H3. The van der Waals surface area contributed by atoms with Gasteiger partial charge in [-0.05, 0) is 31.0 Å². The summed E-state index contributed by atoms with van der Waals surface area (Å²) in [7, 11) is 0. The van der Waals surface area contributed by atoms with Crippen LogP contribution < -0.4 is 10.2 Å². The fourth-order valence-corrected chi connectivity index (χ4v) is 2.69. The molecule has 3 nitrogen and oxygen atoms in total. The number of halogens is 3. The van der Waals surface area contributed by atoms with Crippen LogP contribution >= 0.6 is 0 Å². The zero-order valence-electron chi connectivity index (χ0n) is 11.7. The van der Waals surface area contributed by atoms with E-state index in [1.165, 1.54) is 12.3 Å². The van der Waals surface area contributed by atoms with Crippen LogP contribution in [0.4, 0.5) is 18.9 Å². The molecule has 1 aliphatic rings. The Morgan fingerprint density at radius 1 is 1.40 bits per heavy atom. The minimum atomic E-state index is -4.37. The highest BCUT2D eigenvalue weighted by molar-refractivity contribution is 5.45. The zero-order chi connectivity index (χ0) is 14.8. The number of alkyl halides is 3. The molecule has 2 rings (SSSR count). The summed E-state index contributed by atoms with van der Waals surface area (Å²) in [6.45, 7) is 6.87. The molecule has 112 valence electrons. The number of nitrogens with zero attached hydrogens (tertiary/aromatic N) is 2. The summed E-state index contributed by atoms with van der Waals surface area (Å²) < 4.78 is 37.4. The largest absolute Gasteiger partial charge is 0.433 e. The highest BCUT2D eigenvalue weighted by Gasteiger charge is 2.32. The molecule has 0 saturated carbocycles. The molecule has 1 saturated heterocycles. The molecule has 6 heteroatoms. The molecular weight excluding hydrogens is 267 g/mol. The van der Waals surface area contributed by atoms with Crippen LogP contribution in [-0.2, 0) is 6.18 Å². The Bertz CT molecular complexity index is 430. The second kappa shape index (κ2) is 5.99. The van der Waals surface area contributed by atoms with E-state index in [0.29, 0.717) is 12.0 Å². The molecule has 20 heavy (non-hydrogen) atoms. The molecule has 2 unspecified atom stereocenters. The van der Waals surface area contributed by atoms with Crippen molar-refractivity contribution in [2.75, 3.05) is 24.5 Å². The number of piperidine rings is 1. The second-order valence-electron chi connectivity index (χ2n) is 5.28. The van der Waals surface area contributed by atoms with E-state index in [1.807, 2.05) is 0 Å². The molecule has 0 radical (unpaired) electrons.